The van der Waals surface area contributed by atoms with E-state index in [1.807, 2.05) is 31.2 Å². The molecule has 0 unspecified atom stereocenters. The van der Waals surface area contributed by atoms with Crippen LogP contribution in [0.2, 0.25) is 0 Å². The van der Waals surface area contributed by atoms with Crippen LogP contribution in [0.15, 0.2) is 30.3 Å². The second-order valence-corrected chi connectivity index (χ2v) is 6.38. The van der Waals surface area contributed by atoms with E-state index in [9.17, 15) is 9.90 Å². The van der Waals surface area contributed by atoms with Crippen LogP contribution >= 0.6 is 0 Å². The fourth-order valence-corrected chi connectivity index (χ4v) is 3.22. The number of hydrogen-bond donors (Lipinski definition) is 2. The molecule has 128 valence electrons. The first-order chi connectivity index (χ1) is 11.6. The number of carbonyl (C=O) groups is 1. The third kappa shape index (κ3) is 3.43. The molecule has 1 fully saturated rings. The maximum atomic E-state index is 12.6. The maximum absolute atomic E-state index is 12.6. The summed E-state index contributed by atoms with van der Waals surface area (Å²) in [4.78, 5) is 14.8. The molecule has 0 aliphatic carbocycles. The molecule has 1 aromatic heterocycles. The number of anilines is 2. The number of benzene rings is 1. The van der Waals surface area contributed by atoms with Crippen molar-refractivity contribution in [3.8, 4) is 0 Å². The molecule has 2 heterocycles. The monoisotopic (exact) mass is 328 g/mol. The minimum Gasteiger partial charge on any atom is -0.396 e. The number of carbonyl (C=O) groups excluding carboxylic acids is 1. The molecule has 24 heavy (non-hydrogen) atoms. The molecule has 6 heteroatoms. The van der Waals surface area contributed by atoms with Gasteiger partial charge in [0, 0.05) is 26.7 Å². The fourth-order valence-electron chi connectivity index (χ4n) is 3.22. The molecule has 1 saturated heterocycles. The number of hydrogen-bond acceptors (Lipinski definition) is 4. The number of aromatic nitrogens is 2. The molecule has 1 aromatic carbocycles. The van der Waals surface area contributed by atoms with Crippen molar-refractivity contribution >= 4 is 17.3 Å². The maximum Gasteiger partial charge on any atom is 0.273 e. The van der Waals surface area contributed by atoms with E-state index in [1.54, 1.807) is 17.8 Å². The first-order valence-corrected chi connectivity index (χ1v) is 8.35. The largest absolute Gasteiger partial charge is 0.396 e. The lowest BCUT2D eigenvalue weighted by Crippen LogP contribution is -2.35. The van der Waals surface area contributed by atoms with Crippen LogP contribution in [-0.2, 0) is 7.05 Å². The summed E-state index contributed by atoms with van der Waals surface area (Å²) in [5.74, 6) is 0.233. The fraction of sp³-hybridized carbons (Fsp3) is 0.444. The Labute approximate surface area is 142 Å². The Kier molecular flexibility index (Phi) is 4.85. The molecule has 1 aliphatic rings. The lowest BCUT2D eigenvalue weighted by Gasteiger charge is -2.34. The van der Waals surface area contributed by atoms with E-state index in [2.05, 4.69) is 15.3 Å². The van der Waals surface area contributed by atoms with Crippen molar-refractivity contribution in [1.29, 1.82) is 0 Å². The molecule has 0 saturated carbocycles. The molecule has 6 nitrogen and oxygen atoms in total. The molecule has 0 bridgehead atoms. The van der Waals surface area contributed by atoms with Crippen LogP contribution in [0, 0.1) is 12.8 Å². The van der Waals surface area contributed by atoms with Gasteiger partial charge in [0.1, 0.15) is 5.69 Å². The highest BCUT2D eigenvalue weighted by Crippen LogP contribution is 2.30. The second kappa shape index (κ2) is 7.05. The summed E-state index contributed by atoms with van der Waals surface area (Å²) in [6.45, 7) is 3.91. The van der Waals surface area contributed by atoms with Crippen LogP contribution in [-0.4, -0.2) is 40.5 Å². The second-order valence-electron chi connectivity index (χ2n) is 6.38. The van der Waals surface area contributed by atoms with E-state index in [-0.39, 0.29) is 12.5 Å². The van der Waals surface area contributed by atoms with Gasteiger partial charge in [-0.1, -0.05) is 12.1 Å². The van der Waals surface area contributed by atoms with Crippen molar-refractivity contribution in [3.05, 3.63) is 41.7 Å². The minimum atomic E-state index is -0.157. The average molecular weight is 328 g/mol. The summed E-state index contributed by atoms with van der Waals surface area (Å²) in [7, 11) is 1.77. The van der Waals surface area contributed by atoms with E-state index in [4.69, 9.17) is 0 Å². The van der Waals surface area contributed by atoms with Crippen LogP contribution in [0.3, 0.4) is 0 Å². The van der Waals surface area contributed by atoms with Gasteiger partial charge in [0.15, 0.2) is 0 Å². The van der Waals surface area contributed by atoms with Crippen molar-refractivity contribution in [1.82, 2.24) is 9.78 Å². The van der Waals surface area contributed by atoms with Gasteiger partial charge in [0.2, 0.25) is 0 Å². The highest BCUT2D eigenvalue weighted by Gasteiger charge is 2.21. The van der Waals surface area contributed by atoms with Crippen molar-refractivity contribution in [3.63, 3.8) is 0 Å². The highest BCUT2D eigenvalue weighted by molar-refractivity contribution is 6.05. The van der Waals surface area contributed by atoms with Crippen molar-refractivity contribution in [2.45, 2.75) is 19.8 Å². The van der Waals surface area contributed by atoms with Crippen LogP contribution < -0.4 is 10.2 Å². The molecule has 2 aromatic rings. The quantitative estimate of drug-likeness (QED) is 0.902. The Morgan fingerprint density at radius 1 is 1.33 bits per heavy atom. The molecular weight excluding hydrogens is 304 g/mol. The van der Waals surface area contributed by atoms with E-state index in [1.165, 1.54) is 0 Å². The number of piperidine rings is 1. The van der Waals surface area contributed by atoms with Crippen LogP contribution in [0.1, 0.15) is 29.0 Å². The van der Waals surface area contributed by atoms with Crippen molar-refractivity contribution < 1.29 is 9.90 Å². The summed E-state index contributed by atoms with van der Waals surface area (Å²) >= 11 is 0. The first-order valence-electron chi connectivity index (χ1n) is 8.35. The van der Waals surface area contributed by atoms with Crippen molar-refractivity contribution in [2.24, 2.45) is 13.0 Å². The Morgan fingerprint density at radius 2 is 2.04 bits per heavy atom. The normalized spacial score (nSPS) is 15.5. The van der Waals surface area contributed by atoms with Gasteiger partial charge in [0.25, 0.3) is 5.91 Å². The third-order valence-corrected chi connectivity index (χ3v) is 4.60. The standard InChI is InChI=1S/C18H24N4O2/c1-13-11-17(21(2)20-13)18(24)19-15-5-3-4-6-16(15)22-9-7-14(12-23)8-10-22/h3-6,11,14,23H,7-10,12H2,1-2H3,(H,19,24). The number of nitrogens with one attached hydrogen (secondary N) is 1. The zero-order valence-electron chi connectivity index (χ0n) is 14.2. The molecule has 0 atom stereocenters. The van der Waals surface area contributed by atoms with Crippen LogP contribution in [0.5, 0.6) is 0 Å². The third-order valence-electron chi connectivity index (χ3n) is 4.60. The Morgan fingerprint density at radius 3 is 2.67 bits per heavy atom. The van der Waals surface area contributed by atoms with Gasteiger partial charge in [-0.25, -0.2) is 0 Å². The van der Waals surface area contributed by atoms with Gasteiger partial charge in [0.05, 0.1) is 17.1 Å². The average Bonchev–Trinajstić information content (AvgIpc) is 2.94. The zero-order valence-corrected chi connectivity index (χ0v) is 14.2. The summed E-state index contributed by atoms with van der Waals surface area (Å²) in [6.07, 6.45) is 1.94. The molecular formula is C18H24N4O2. The highest BCUT2D eigenvalue weighted by atomic mass is 16.3. The number of amides is 1. The Hall–Kier alpha value is -2.34. The van der Waals surface area contributed by atoms with Crippen molar-refractivity contribution in [2.75, 3.05) is 29.9 Å². The number of aryl methyl sites for hydroxylation is 2. The summed E-state index contributed by atoms with van der Waals surface area (Å²) in [5, 5.41) is 16.5. The Bertz CT molecular complexity index is 718. The predicted octanol–water partition coefficient (Wildman–Crippen LogP) is 2.19. The van der Waals surface area contributed by atoms with Gasteiger partial charge in [-0.15, -0.1) is 0 Å². The lowest BCUT2D eigenvalue weighted by molar-refractivity contribution is 0.101. The zero-order chi connectivity index (χ0) is 17.1. The molecule has 3 rings (SSSR count). The molecule has 0 radical (unpaired) electrons. The van der Waals surface area contributed by atoms with Crippen LogP contribution in [0.4, 0.5) is 11.4 Å². The van der Waals surface area contributed by atoms with Gasteiger partial charge in [-0.05, 0) is 43.9 Å². The minimum absolute atomic E-state index is 0.157. The van der Waals surface area contributed by atoms with E-state index >= 15 is 0 Å². The summed E-state index contributed by atoms with van der Waals surface area (Å²) in [5.41, 5.74) is 3.20. The van der Waals surface area contributed by atoms with E-state index < -0.39 is 0 Å². The van der Waals surface area contributed by atoms with E-state index in [0.29, 0.717) is 11.6 Å². The molecule has 0 spiro atoms. The lowest BCUT2D eigenvalue weighted by atomic mass is 9.97. The van der Waals surface area contributed by atoms with Gasteiger partial charge >= 0.3 is 0 Å². The number of aliphatic hydroxyl groups is 1. The first kappa shape index (κ1) is 16.5. The molecule has 2 N–H and O–H groups in total. The van der Waals surface area contributed by atoms with Gasteiger partial charge in [-0.3, -0.25) is 9.48 Å². The Balaban J connectivity index is 1.77. The topological polar surface area (TPSA) is 70.4 Å². The van der Waals surface area contributed by atoms with Crippen LogP contribution in [0.25, 0.3) is 0 Å². The predicted molar refractivity (Wildman–Crippen MR) is 94.4 cm³/mol. The van der Waals surface area contributed by atoms with Gasteiger partial charge < -0.3 is 15.3 Å². The summed E-state index contributed by atoms with van der Waals surface area (Å²) in [6, 6.07) is 9.65. The van der Waals surface area contributed by atoms with Gasteiger partial charge in [-0.2, -0.15) is 5.10 Å². The summed E-state index contributed by atoms with van der Waals surface area (Å²) < 4.78 is 1.60. The SMILES string of the molecule is Cc1cc(C(=O)Nc2ccccc2N2CCC(CO)CC2)n(C)n1. The number of nitrogens with zero attached hydrogens (tertiary/aromatic N) is 3. The molecule has 1 aliphatic heterocycles. The number of para-hydroxylation sites is 2. The number of rotatable bonds is 4. The van der Waals surface area contributed by atoms with E-state index in [0.717, 1.165) is 43.0 Å². The molecule has 1 amide bonds. The smallest absolute Gasteiger partial charge is 0.273 e. The number of aliphatic hydroxyl groups excluding tert-OH is 1.